The van der Waals surface area contributed by atoms with E-state index in [0.717, 1.165) is 103 Å². The second kappa shape index (κ2) is 48.5. The van der Waals surface area contributed by atoms with Crippen LogP contribution in [-0.4, -0.2) is 79.8 Å². The van der Waals surface area contributed by atoms with Gasteiger partial charge >= 0.3 is 0 Å². The van der Waals surface area contributed by atoms with Gasteiger partial charge in [-0.15, -0.1) is 0 Å². The van der Waals surface area contributed by atoms with Crippen LogP contribution in [0.5, 0.6) is 0 Å². The van der Waals surface area contributed by atoms with Crippen LogP contribution in [-0.2, 0) is 18.4 Å². The number of aliphatic hydroxyl groups is 2. The number of rotatable bonds is 47. The van der Waals surface area contributed by atoms with Gasteiger partial charge in [0.25, 0.3) is 7.82 Å². The molecule has 4 atom stereocenters. The molecule has 0 aromatic carbocycles. The molecule has 0 aromatic rings. The largest absolute Gasteiger partial charge is 0.756 e. The average molecular weight is 981 g/mol. The van der Waals surface area contributed by atoms with Crippen LogP contribution in [0.25, 0.3) is 0 Å². The van der Waals surface area contributed by atoms with Gasteiger partial charge in [0.2, 0.25) is 5.91 Å². The van der Waals surface area contributed by atoms with Crippen molar-refractivity contribution in [3.05, 3.63) is 122 Å². The van der Waals surface area contributed by atoms with Gasteiger partial charge in [-0.05, 0) is 89.9 Å². The van der Waals surface area contributed by atoms with Crippen LogP contribution in [0.2, 0.25) is 0 Å². The Morgan fingerprint density at radius 1 is 0.536 bits per heavy atom. The summed E-state index contributed by atoms with van der Waals surface area (Å²) in [6.07, 6.45) is 68.3. The number of nitrogens with one attached hydrogen (secondary N) is 1. The number of hydrogen-bond donors (Lipinski definition) is 3. The molecule has 0 aromatic heterocycles. The molecule has 0 aliphatic rings. The molecule has 9 nitrogen and oxygen atoms in total. The summed E-state index contributed by atoms with van der Waals surface area (Å²) in [5, 5.41) is 24.7. The van der Waals surface area contributed by atoms with E-state index in [9.17, 15) is 24.5 Å². The molecule has 0 saturated heterocycles. The zero-order chi connectivity index (χ0) is 50.8. The maximum Gasteiger partial charge on any atom is 0.268 e. The molecular weight excluding hydrogens is 880 g/mol. The number of hydrogen-bond acceptors (Lipinski definition) is 7. The maximum absolute atomic E-state index is 12.9. The Hall–Kier alpha value is -3.14. The van der Waals surface area contributed by atoms with E-state index in [4.69, 9.17) is 9.05 Å². The van der Waals surface area contributed by atoms with Crippen molar-refractivity contribution in [2.45, 2.75) is 205 Å². The molecule has 4 unspecified atom stereocenters. The fraction of sp³-hybridized carbons (Fsp3) is 0.644. The number of phosphoric acid groups is 1. The number of carbonyl (C=O) groups excluding carboxylic acids is 1. The van der Waals surface area contributed by atoms with Crippen molar-refractivity contribution in [3.8, 4) is 0 Å². The lowest BCUT2D eigenvalue weighted by molar-refractivity contribution is -0.870. The Kier molecular flexibility index (Phi) is 46.3. The van der Waals surface area contributed by atoms with Crippen molar-refractivity contribution < 1.29 is 38.0 Å². The van der Waals surface area contributed by atoms with Crippen molar-refractivity contribution in [1.29, 1.82) is 0 Å². The fourth-order valence-electron chi connectivity index (χ4n) is 7.04. The predicted octanol–water partition coefficient (Wildman–Crippen LogP) is 14.5. The Morgan fingerprint density at radius 3 is 1.30 bits per heavy atom. The van der Waals surface area contributed by atoms with Crippen LogP contribution in [0.4, 0.5) is 0 Å². The van der Waals surface area contributed by atoms with E-state index in [0.29, 0.717) is 23.9 Å². The van der Waals surface area contributed by atoms with Crippen molar-refractivity contribution in [2.24, 2.45) is 0 Å². The van der Waals surface area contributed by atoms with E-state index in [2.05, 4.69) is 141 Å². The highest BCUT2D eigenvalue weighted by Crippen LogP contribution is 2.38. The number of unbranched alkanes of at least 4 members (excludes halogenated alkanes) is 13. The Bertz CT molecular complexity index is 1550. The molecule has 0 aliphatic heterocycles. The maximum atomic E-state index is 12.9. The smallest absolute Gasteiger partial charge is 0.268 e. The lowest BCUT2D eigenvalue weighted by Gasteiger charge is -2.31. The van der Waals surface area contributed by atoms with Crippen LogP contribution in [0.15, 0.2) is 122 Å². The molecule has 0 rings (SSSR count). The molecular formula is C59H101N2O7P. The zero-order valence-electron chi connectivity index (χ0n) is 44.3. The fourth-order valence-corrected chi connectivity index (χ4v) is 7.77. The van der Waals surface area contributed by atoms with E-state index < -0.39 is 32.7 Å². The predicted molar refractivity (Wildman–Crippen MR) is 294 cm³/mol. The summed E-state index contributed by atoms with van der Waals surface area (Å²) in [7, 11) is 1.07. The highest BCUT2D eigenvalue weighted by molar-refractivity contribution is 7.45. The molecule has 394 valence electrons. The van der Waals surface area contributed by atoms with Crippen LogP contribution < -0.4 is 10.2 Å². The molecule has 1 amide bonds. The van der Waals surface area contributed by atoms with Gasteiger partial charge in [-0.25, -0.2) is 0 Å². The molecule has 0 radical (unpaired) electrons. The Morgan fingerprint density at radius 2 is 0.913 bits per heavy atom. The summed E-state index contributed by atoms with van der Waals surface area (Å²) in [6.45, 7) is 4.26. The minimum absolute atomic E-state index is 0.0563. The molecule has 3 N–H and O–H groups in total. The van der Waals surface area contributed by atoms with Gasteiger partial charge in [0.05, 0.1) is 39.9 Å². The van der Waals surface area contributed by atoms with E-state index in [1.165, 1.54) is 51.4 Å². The first-order chi connectivity index (χ1) is 33.4. The van der Waals surface area contributed by atoms with E-state index in [-0.39, 0.29) is 18.9 Å². The second-order valence-corrected chi connectivity index (χ2v) is 20.4. The van der Waals surface area contributed by atoms with Crippen LogP contribution >= 0.6 is 7.82 Å². The molecule has 0 fully saturated rings. The zero-order valence-corrected chi connectivity index (χ0v) is 45.2. The molecule has 10 heteroatoms. The average Bonchev–Trinajstić information content (AvgIpc) is 3.31. The van der Waals surface area contributed by atoms with Gasteiger partial charge in [-0.3, -0.25) is 9.36 Å². The first-order valence-electron chi connectivity index (χ1n) is 27.0. The number of likely N-dealkylation sites (N-methyl/N-ethyl adjacent to an activating group) is 1. The van der Waals surface area contributed by atoms with Crippen LogP contribution in [0.1, 0.15) is 187 Å². The quantitative estimate of drug-likeness (QED) is 0.0240. The van der Waals surface area contributed by atoms with Gasteiger partial charge in [0.15, 0.2) is 0 Å². The lowest BCUT2D eigenvalue weighted by atomic mass is 9.99. The first kappa shape index (κ1) is 65.9. The van der Waals surface area contributed by atoms with Gasteiger partial charge < -0.3 is 34.0 Å². The normalized spacial score (nSPS) is 15.4. The number of amides is 1. The highest BCUT2D eigenvalue weighted by Gasteiger charge is 2.29. The summed E-state index contributed by atoms with van der Waals surface area (Å²) in [5.74, 6) is -0.327. The van der Waals surface area contributed by atoms with Crippen LogP contribution in [0.3, 0.4) is 0 Å². The minimum atomic E-state index is -4.69. The topological polar surface area (TPSA) is 128 Å². The number of quaternary nitrogens is 1. The van der Waals surface area contributed by atoms with Crippen molar-refractivity contribution in [1.82, 2.24) is 5.32 Å². The monoisotopic (exact) mass is 981 g/mol. The number of nitrogens with zero attached hydrogens (tertiary/aromatic N) is 1. The van der Waals surface area contributed by atoms with E-state index >= 15 is 0 Å². The molecule has 0 aliphatic carbocycles. The van der Waals surface area contributed by atoms with Gasteiger partial charge in [-0.2, -0.15) is 0 Å². The summed E-state index contributed by atoms with van der Waals surface area (Å²) in [5.41, 5.74) is 0. The Balaban J connectivity index is 4.38. The third kappa shape index (κ3) is 49.6. The Labute approximate surface area is 423 Å². The molecule has 0 saturated carbocycles. The van der Waals surface area contributed by atoms with Crippen molar-refractivity contribution in [2.75, 3.05) is 40.9 Å². The molecule has 0 spiro atoms. The van der Waals surface area contributed by atoms with Gasteiger partial charge in [-0.1, -0.05) is 212 Å². The molecule has 0 heterocycles. The standard InChI is InChI=1S/C59H101N2O7P/c1-6-8-10-12-14-16-18-20-21-22-23-24-25-26-27-28-29-30-31-32-33-34-35-36-37-38-39-40-42-44-46-48-50-52-58(63)60-56(55-68-69(65,66)67-54-53-61(3,4)5)59(64)57(62)51-49-47-45-43-41-19-17-15-13-11-9-7-2/h8,10,14,16,20-21,23-24,26-27,29-30,32-33,35-36,38-39,42,44,56-57,59,62,64H,6-7,9,11-13,15,17-19,22,25,28,31,34,37,40-41,43,45-55H2,1-5H3,(H-,60,63,65,66)/b10-8-,16-14-,21-20-,24-23-,27-26-,30-29-,33-32-,36-35-,39-38-,44-42-. The molecule has 0 bridgehead atoms. The van der Waals surface area contributed by atoms with Gasteiger partial charge in [0, 0.05) is 6.42 Å². The summed E-state index contributed by atoms with van der Waals surface area (Å²) < 4.78 is 23.2. The number of allylic oxidation sites excluding steroid dienone is 20. The summed E-state index contributed by atoms with van der Waals surface area (Å²) in [6, 6.07) is -1.11. The number of carbonyl (C=O) groups is 1. The minimum Gasteiger partial charge on any atom is -0.756 e. The van der Waals surface area contributed by atoms with Gasteiger partial charge in [0.1, 0.15) is 19.3 Å². The van der Waals surface area contributed by atoms with Crippen LogP contribution in [0, 0.1) is 0 Å². The summed E-state index contributed by atoms with van der Waals surface area (Å²) in [4.78, 5) is 25.5. The third-order valence-electron chi connectivity index (χ3n) is 11.3. The van der Waals surface area contributed by atoms with E-state index in [1.807, 2.05) is 21.1 Å². The lowest BCUT2D eigenvalue weighted by Crippen LogP contribution is -2.51. The SMILES string of the molecule is CC/C=C\C/C=C\C/C=C\C/C=C\C/C=C\C/C=C\C/C=C\C/C=C\C/C=C\C/C=C\CCCCC(=O)NC(COP(=O)([O-])OCC[N+](C)(C)C)C(O)C(O)CCCCCCCCCCCCCC. The molecule has 69 heavy (non-hydrogen) atoms. The highest BCUT2D eigenvalue weighted by atomic mass is 31.2. The second-order valence-electron chi connectivity index (χ2n) is 19.0. The van der Waals surface area contributed by atoms with Crippen molar-refractivity contribution in [3.63, 3.8) is 0 Å². The number of aliphatic hydroxyl groups excluding tert-OH is 2. The first-order valence-corrected chi connectivity index (χ1v) is 28.4. The van der Waals surface area contributed by atoms with Crippen molar-refractivity contribution >= 4 is 13.7 Å². The van der Waals surface area contributed by atoms with E-state index in [1.54, 1.807) is 0 Å². The third-order valence-corrected chi connectivity index (χ3v) is 12.3. The summed E-state index contributed by atoms with van der Waals surface area (Å²) >= 11 is 0. The number of phosphoric ester groups is 1.